The quantitative estimate of drug-likeness (QED) is 0.305. The number of hydrogen-bond acceptors (Lipinski definition) is 6. The number of halogens is 1. The van der Waals surface area contributed by atoms with Crippen molar-refractivity contribution >= 4 is 5.97 Å². The molecule has 7 nitrogen and oxygen atoms in total. The van der Waals surface area contributed by atoms with E-state index in [4.69, 9.17) is 14.2 Å². The van der Waals surface area contributed by atoms with E-state index < -0.39 is 11.9 Å². The van der Waals surface area contributed by atoms with Crippen molar-refractivity contribution in [1.82, 2.24) is 9.88 Å². The number of methoxy groups -OCH3 is 1. The van der Waals surface area contributed by atoms with Crippen molar-refractivity contribution in [3.05, 3.63) is 76.7 Å². The van der Waals surface area contributed by atoms with Crippen LogP contribution in [0.1, 0.15) is 73.3 Å². The van der Waals surface area contributed by atoms with E-state index >= 15 is 4.39 Å². The van der Waals surface area contributed by atoms with Crippen molar-refractivity contribution < 1.29 is 28.5 Å². The Labute approximate surface area is 252 Å². The zero-order valence-electron chi connectivity index (χ0n) is 24.8. The molecule has 4 unspecified atom stereocenters. The number of aliphatic carboxylic acids is 1. The van der Waals surface area contributed by atoms with Gasteiger partial charge in [0.05, 0.1) is 25.3 Å². The van der Waals surface area contributed by atoms with Crippen LogP contribution in [-0.2, 0) is 22.5 Å². The van der Waals surface area contributed by atoms with Gasteiger partial charge in [0.15, 0.2) is 0 Å². The summed E-state index contributed by atoms with van der Waals surface area (Å²) in [6.07, 6.45) is 7.26. The molecule has 7 rings (SSSR count). The second-order valence-corrected chi connectivity index (χ2v) is 12.6. The third-order valence-electron chi connectivity index (χ3n) is 10.0. The first kappa shape index (κ1) is 28.3. The summed E-state index contributed by atoms with van der Waals surface area (Å²) in [5.41, 5.74) is 5.63. The number of hydrogen-bond donors (Lipinski definition) is 1. The van der Waals surface area contributed by atoms with E-state index in [0.29, 0.717) is 29.9 Å². The average molecular weight is 587 g/mol. The maximum Gasteiger partial charge on any atom is 0.306 e. The molecule has 0 bridgehead atoms. The van der Waals surface area contributed by atoms with Crippen LogP contribution < -0.4 is 9.47 Å². The molecule has 1 aromatic heterocycles. The highest BCUT2D eigenvalue weighted by Crippen LogP contribution is 2.48. The molecule has 2 aromatic carbocycles. The van der Waals surface area contributed by atoms with Gasteiger partial charge in [-0.05, 0) is 84.2 Å². The number of aromatic nitrogens is 1. The van der Waals surface area contributed by atoms with Crippen LogP contribution in [0.2, 0.25) is 0 Å². The molecule has 4 heterocycles. The predicted molar refractivity (Wildman–Crippen MR) is 160 cm³/mol. The molecular weight excluding hydrogens is 547 g/mol. The van der Waals surface area contributed by atoms with Gasteiger partial charge in [-0.25, -0.2) is 9.37 Å². The Morgan fingerprint density at radius 1 is 1.12 bits per heavy atom. The minimum absolute atomic E-state index is 0.00577. The molecular formula is C35H39FN2O5. The Morgan fingerprint density at radius 3 is 2.77 bits per heavy atom. The number of fused-ring (bicyclic) bond motifs is 2. The Balaban J connectivity index is 1.21. The van der Waals surface area contributed by atoms with E-state index in [0.717, 1.165) is 85.2 Å². The highest BCUT2D eigenvalue weighted by molar-refractivity contribution is 5.71. The van der Waals surface area contributed by atoms with Crippen LogP contribution in [0, 0.1) is 17.7 Å². The van der Waals surface area contributed by atoms with Gasteiger partial charge < -0.3 is 19.3 Å². The molecule has 1 N–H and O–H groups in total. The van der Waals surface area contributed by atoms with Gasteiger partial charge in [-0.3, -0.25) is 9.69 Å². The highest BCUT2D eigenvalue weighted by atomic mass is 19.1. The number of carboxylic acid groups (broad SMARTS) is 1. The number of nitrogens with zero attached hydrogens (tertiary/aromatic N) is 2. The third kappa shape index (κ3) is 5.51. The number of pyridine rings is 1. The van der Waals surface area contributed by atoms with Crippen LogP contribution >= 0.6 is 0 Å². The summed E-state index contributed by atoms with van der Waals surface area (Å²) in [6.45, 7) is 4.26. The van der Waals surface area contributed by atoms with Crippen molar-refractivity contribution in [3.63, 3.8) is 0 Å². The number of carboxylic acids is 1. The van der Waals surface area contributed by atoms with Gasteiger partial charge in [0.2, 0.25) is 5.88 Å². The molecule has 4 aliphatic rings. The Morgan fingerprint density at radius 2 is 1.98 bits per heavy atom. The fourth-order valence-electron chi connectivity index (χ4n) is 7.56. The monoisotopic (exact) mass is 586 g/mol. The molecule has 5 atom stereocenters. The summed E-state index contributed by atoms with van der Waals surface area (Å²) < 4.78 is 33.1. The molecule has 2 saturated heterocycles. The maximum absolute atomic E-state index is 15.2. The standard InChI is InChI=1S/C35H39FN2O5/c1-20(35(39)40)34(22-4-5-22)24-6-3-21-8-10-30(43-32(21)16-24)23-7-9-26(27-17-33(41-2)37-18-28(27)36)25(15-23)19-38-13-11-31-29(38)12-14-42-31/h3,6-7,9,15-18,20,22,29-31,34H,4-5,8,10-14,19H2,1-2H3,(H,39,40)/t20-,29?,30?,31?,34?/m0/s1. The van der Waals surface area contributed by atoms with Gasteiger partial charge in [0.25, 0.3) is 0 Å². The second kappa shape index (κ2) is 11.5. The summed E-state index contributed by atoms with van der Waals surface area (Å²) >= 11 is 0. The van der Waals surface area contributed by atoms with E-state index in [1.807, 2.05) is 13.0 Å². The van der Waals surface area contributed by atoms with Crippen LogP contribution in [0.3, 0.4) is 0 Å². The lowest BCUT2D eigenvalue weighted by molar-refractivity contribution is -0.142. The van der Waals surface area contributed by atoms with Gasteiger partial charge in [-0.2, -0.15) is 0 Å². The molecule has 3 aromatic rings. The van der Waals surface area contributed by atoms with Crippen LogP contribution in [0.4, 0.5) is 4.39 Å². The first-order valence-corrected chi connectivity index (χ1v) is 15.6. The Bertz CT molecular complexity index is 1520. The van der Waals surface area contributed by atoms with E-state index in [9.17, 15) is 9.90 Å². The van der Waals surface area contributed by atoms with Gasteiger partial charge in [0, 0.05) is 37.4 Å². The second-order valence-electron chi connectivity index (χ2n) is 12.6. The lowest BCUT2D eigenvalue weighted by Gasteiger charge is -2.30. The first-order valence-electron chi connectivity index (χ1n) is 15.6. The van der Waals surface area contributed by atoms with Crippen molar-refractivity contribution in [3.8, 4) is 22.8 Å². The van der Waals surface area contributed by atoms with Crippen molar-refractivity contribution in [2.45, 2.75) is 76.2 Å². The van der Waals surface area contributed by atoms with Gasteiger partial charge >= 0.3 is 5.97 Å². The topological polar surface area (TPSA) is 81.1 Å². The normalized spacial score (nSPS) is 24.6. The van der Waals surface area contributed by atoms with Crippen molar-refractivity contribution in [2.24, 2.45) is 11.8 Å². The highest BCUT2D eigenvalue weighted by Gasteiger charge is 2.40. The third-order valence-corrected chi connectivity index (χ3v) is 10.0. The lowest BCUT2D eigenvalue weighted by atomic mass is 9.82. The molecule has 43 heavy (non-hydrogen) atoms. The summed E-state index contributed by atoms with van der Waals surface area (Å²) in [5, 5.41) is 9.77. The predicted octanol–water partition coefficient (Wildman–Crippen LogP) is 6.54. The molecule has 0 spiro atoms. The largest absolute Gasteiger partial charge is 0.485 e. The molecule has 1 aliphatic carbocycles. The van der Waals surface area contributed by atoms with Crippen LogP contribution in [0.25, 0.3) is 11.1 Å². The van der Waals surface area contributed by atoms with Gasteiger partial charge in [0.1, 0.15) is 17.7 Å². The number of ether oxygens (including phenoxy) is 3. The summed E-state index contributed by atoms with van der Waals surface area (Å²) in [7, 11) is 1.54. The average Bonchev–Trinajstić information content (AvgIpc) is 3.61. The number of benzene rings is 2. The Kier molecular flexibility index (Phi) is 7.60. The van der Waals surface area contributed by atoms with Crippen molar-refractivity contribution in [1.29, 1.82) is 0 Å². The van der Waals surface area contributed by atoms with Gasteiger partial charge in [-0.15, -0.1) is 0 Å². The molecule has 3 fully saturated rings. The number of rotatable bonds is 9. The molecule has 0 radical (unpaired) electrons. The molecule has 3 aliphatic heterocycles. The minimum Gasteiger partial charge on any atom is -0.485 e. The fraction of sp³-hybridized carbons (Fsp3) is 0.486. The van der Waals surface area contributed by atoms with Gasteiger partial charge in [-0.1, -0.05) is 37.3 Å². The molecule has 226 valence electrons. The summed E-state index contributed by atoms with van der Waals surface area (Å²) in [6, 6.07) is 14.6. The van der Waals surface area contributed by atoms with Crippen LogP contribution in [0.5, 0.6) is 11.6 Å². The number of carbonyl (C=O) groups is 1. The molecule has 1 saturated carbocycles. The number of aryl methyl sites for hydroxylation is 1. The SMILES string of the molecule is COc1cc(-c2ccc(C3CCc4ccc(C(C5CC5)[C@H](C)C(=O)O)cc4O3)cc2CN2CCC3OCCC32)c(F)cn1. The van der Waals surface area contributed by atoms with Crippen LogP contribution in [-0.4, -0.2) is 53.4 Å². The smallest absolute Gasteiger partial charge is 0.306 e. The van der Waals surface area contributed by atoms with E-state index in [-0.39, 0.29) is 23.9 Å². The zero-order valence-corrected chi connectivity index (χ0v) is 24.8. The maximum atomic E-state index is 15.2. The van der Waals surface area contributed by atoms with E-state index in [2.05, 4.69) is 40.2 Å². The van der Waals surface area contributed by atoms with Crippen molar-refractivity contribution in [2.75, 3.05) is 20.3 Å². The molecule has 8 heteroatoms. The fourth-order valence-corrected chi connectivity index (χ4v) is 7.56. The summed E-state index contributed by atoms with van der Waals surface area (Å²) in [5.74, 6) is 0.0599. The number of likely N-dealkylation sites (tertiary alicyclic amines) is 1. The van der Waals surface area contributed by atoms with E-state index in [1.54, 1.807) is 6.07 Å². The summed E-state index contributed by atoms with van der Waals surface area (Å²) in [4.78, 5) is 18.4. The Hall–Kier alpha value is -3.49. The zero-order chi connectivity index (χ0) is 29.7. The van der Waals surface area contributed by atoms with Crippen LogP contribution in [0.15, 0.2) is 48.7 Å². The van der Waals surface area contributed by atoms with E-state index in [1.165, 1.54) is 13.3 Å². The molecule has 0 amide bonds. The lowest BCUT2D eigenvalue weighted by Crippen LogP contribution is -2.31. The first-order chi connectivity index (χ1) is 20.9. The minimum atomic E-state index is -0.752.